The van der Waals surface area contributed by atoms with E-state index in [1.807, 2.05) is 54.3 Å². The minimum atomic E-state index is 0.117. The largest absolute Gasteiger partial charge is 0.494 e. The van der Waals surface area contributed by atoms with E-state index in [0.717, 1.165) is 37.2 Å². The van der Waals surface area contributed by atoms with Gasteiger partial charge < -0.3 is 9.64 Å². The van der Waals surface area contributed by atoms with E-state index >= 15 is 0 Å². The van der Waals surface area contributed by atoms with Crippen molar-refractivity contribution in [3.8, 4) is 5.75 Å². The van der Waals surface area contributed by atoms with E-state index in [-0.39, 0.29) is 5.91 Å². The van der Waals surface area contributed by atoms with Crippen LogP contribution in [0.2, 0.25) is 0 Å². The van der Waals surface area contributed by atoms with Crippen LogP contribution in [0.25, 0.3) is 6.08 Å². The van der Waals surface area contributed by atoms with Crippen molar-refractivity contribution >= 4 is 12.0 Å². The molecule has 0 atom stereocenters. The molecule has 3 nitrogen and oxygen atoms in total. The van der Waals surface area contributed by atoms with Gasteiger partial charge in [-0.2, -0.15) is 0 Å². The number of piperidine rings is 1. The van der Waals surface area contributed by atoms with Gasteiger partial charge in [0.05, 0.1) is 6.61 Å². The van der Waals surface area contributed by atoms with Gasteiger partial charge in [-0.15, -0.1) is 0 Å². The first kappa shape index (κ1) is 15.4. The van der Waals surface area contributed by atoms with Crippen LogP contribution in [-0.4, -0.2) is 30.5 Å². The molecule has 0 bridgehead atoms. The third kappa shape index (κ3) is 5.10. The second-order valence-corrected chi connectivity index (χ2v) is 5.11. The molecule has 1 aromatic rings. The van der Waals surface area contributed by atoms with Crippen molar-refractivity contribution in [2.75, 3.05) is 19.7 Å². The summed E-state index contributed by atoms with van der Waals surface area (Å²) in [6.45, 7) is 4.44. The third-order valence-electron chi connectivity index (χ3n) is 3.50. The maximum atomic E-state index is 11.9. The topological polar surface area (TPSA) is 29.5 Å². The van der Waals surface area contributed by atoms with Gasteiger partial charge in [0.25, 0.3) is 0 Å². The molecule has 21 heavy (non-hydrogen) atoms. The quantitative estimate of drug-likeness (QED) is 0.610. The van der Waals surface area contributed by atoms with Gasteiger partial charge in [0.2, 0.25) is 5.91 Å². The number of carbonyl (C=O) groups excluding carboxylic acids is 1. The summed E-state index contributed by atoms with van der Waals surface area (Å²) in [6, 6.07) is 7.90. The van der Waals surface area contributed by atoms with Gasteiger partial charge >= 0.3 is 0 Å². The zero-order chi connectivity index (χ0) is 14.9. The molecule has 1 fully saturated rings. The minimum Gasteiger partial charge on any atom is -0.494 e. The lowest BCUT2D eigenvalue weighted by Crippen LogP contribution is -2.34. The molecule has 112 valence electrons. The number of nitrogens with zero attached hydrogens (tertiary/aromatic N) is 1. The summed E-state index contributed by atoms with van der Waals surface area (Å²) in [7, 11) is 0. The number of hydrogen-bond acceptors (Lipinski definition) is 2. The average molecular weight is 285 g/mol. The summed E-state index contributed by atoms with van der Waals surface area (Å²) in [4.78, 5) is 13.8. The van der Waals surface area contributed by atoms with Crippen molar-refractivity contribution in [1.29, 1.82) is 0 Å². The summed E-state index contributed by atoms with van der Waals surface area (Å²) in [6.07, 6.45) is 10.8. The Balaban J connectivity index is 1.83. The number of allylic oxidation sites excluding steroid dienone is 2. The van der Waals surface area contributed by atoms with Gasteiger partial charge in [0, 0.05) is 19.2 Å². The molecule has 0 spiro atoms. The zero-order valence-corrected chi connectivity index (χ0v) is 12.6. The van der Waals surface area contributed by atoms with Crippen molar-refractivity contribution in [1.82, 2.24) is 4.90 Å². The average Bonchev–Trinajstić information content (AvgIpc) is 2.54. The normalized spacial score (nSPS) is 15.8. The second-order valence-electron chi connectivity index (χ2n) is 5.11. The highest BCUT2D eigenvalue weighted by atomic mass is 16.5. The first-order valence-electron chi connectivity index (χ1n) is 7.66. The molecule has 0 saturated carbocycles. The number of ether oxygens (including phenoxy) is 1. The summed E-state index contributed by atoms with van der Waals surface area (Å²) < 4.78 is 5.40. The van der Waals surface area contributed by atoms with E-state index in [2.05, 4.69) is 0 Å². The number of likely N-dealkylation sites (tertiary alicyclic amines) is 1. The lowest BCUT2D eigenvalue weighted by atomic mass is 10.1. The fourth-order valence-corrected chi connectivity index (χ4v) is 2.37. The fraction of sp³-hybridized carbons (Fsp3) is 0.389. The van der Waals surface area contributed by atoms with Gasteiger partial charge in [-0.3, -0.25) is 4.79 Å². The van der Waals surface area contributed by atoms with Crippen molar-refractivity contribution in [3.63, 3.8) is 0 Å². The molecule has 0 unspecified atom stereocenters. The van der Waals surface area contributed by atoms with E-state index in [1.165, 1.54) is 6.42 Å². The van der Waals surface area contributed by atoms with Crippen molar-refractivity contribution in [2.24, 2.45) is 0 Å². The number of hydrogen-bond donors (Lipinski definition) is 0. The second kappa shape index (κ2) is 8.30. The maximum absolute atomic E-state index is 11.9. The Bertz CT molecular complexity index is 496. The number of rotatable bonds is 5. The predicted molar refractivity (Wildman–Crippen MR) is 86.2 cm³/mol. The van der Waals surface area contributed by atoms with Crippen LogP contribution in [0, 0.1) is 0 Å². The smallest absolute Gasteiger partial charge is 0.246 e. The number of carbonyl (C=O) groups is 1. The highest BCUT2D eigenvalue weighted by molar-refractivity contribution is 5.88. The zero-order valence-electron chi connectivity index (χ0n) is 12.6. The van der Waals surface area contributed by atoms with Crippen LogP contribution in [0.5, 0.6) is 5.75 Å². The Hall–Kier alpha value is -2.03. The van der Waals surface area contributed by atoms with Crippen molar-refractivity contribution < 1.29 is 9.53 Å². The van der Waals surface area contributed by atoms with Crippen LogP contribution in [0.4, 0.5) is 0 Å². The SMILES string of the molecule is CCOc1ccc(/C=C/C=C/C(=O)N2CCCCC2)cc1. The first-order valence-corrected chi connectivity index (χ1v) is 7.66. The molecule has 2 rings (SSSR count). The van der Waals surface area contributed by atoms with Crippen molar-refractivity contribution in [3.05, 3.63) is 48.1 Å². The highest BCUT2D eigenvalue weighted by Crippen LogP contribution is 2.13. The standard InChI is InChI=1S/C18H23NO2/c1-2-21-17-12-10-16(11-13-17)8-4-5-9-18(20)19-14-6-3-7-15-19/h4-5,8-13H,2-3,6-7,14-15H2,1H3/b8-4+,9-5+. The minimum absolute atomic E-state index is 0.117. The van der Waals surface area contributed by atoms with E-state index in [0.29, 0.717) is 6.61 Å². The Morgan fingerprint density at radius 2 is 1.86 bits per heavy atom. The van der Waals surface area contributed by atoms with E-state index in [4.69, 9.17) is 4.74 Å². The van der Waals surface area contributed by atoms with E-state index in [1.54, 1.807) is 6.08 Å². The van der Waals surface area contributed by atoms with Crippen LogP contribution >= 0.6 is 0 Å². The van der Waals surface area contributed by atoms with Gasteiger partial charge in [-0.05, 0) is 43.9 Å². The summed E-state index contributed by atoms with van der Waals surface area (Å²) >= 11 is 0. The molecule has 0 radical (unpaired) electrons. The Labute approximate surface area is 126 Å². The van der Waals surface area contributed by atoms with Gasteiger partial charge in [-0.25, -0.2) is 0 Å². The fourth-order valence-electron chi connectivity index (χ4n) is 2.37. The molecule has 1 aromatic carbocycles. The van der Waals surface area contributed by atoms with Crippen LogP contribution in [-0.2, 0) is 4.79 Å². The molecule has 1 aliphatic rings. The predicted octanol–water partition coefficient (Wildman–Crippen LogP) is 3.67. The Kier molecular flexibility index (Phi) is 6.07. The van der Waals surface area contributed by atoms with E-state index < -0.39 is 0 Å². The third-order valence-corrected chi connectivity index (χ3v) is 3.50. The van der Waals surface area contributed by atoms with Crippen molar-refractivity contribution in [2.45, 2.75) is 26.2 Å². The molecular formula is C18H23NO2. The molecular weight excluding hydrogens is 262 g/mol. The molecule has 1 aliphatic heterocycles. The number of amides is 1. The number of benzene rings is 1. The monoisotopic (exact) mass is 285 g/mol. The summed E-state index contributed by atoms with van der Waals surface area (Å²) in [5, 5.41) is 0. The molecule has 0 aromatic heterocycles. The van der Waals surface area contributed by atoms with Crippen LogP contribution < -0.4 is 4.74 Å². The molecule has 0 N–H and O–H groups in total. The molecule has 3 heteroatoms. The molecule has 1 saturated heterocycles. The molecule has 1 amide bonds. The van der Waals surface area contributed by atoms with Crippen LogP contribution in [0.1, 0.15) is 31.7 Å². The molecule has 1 heterocycles. The van der Waals surface area contributed by atoms with Gasteiger partial charge in [-0.1, -0.05) is 30.4 Å². The highest BCUT2D eigenvalue weighted by Gasteiger charge is 2.13. The lowest BCUT2D eigenvalue weighted by Gasteiger charge is -2.25. The summed E-state index contributed by atoms with van der Waals surface area (Å²) in [5.41, 5.74) is 1.09. The Morgan fingerprint density at radius 3 is 2.52 bits per heavy atom. The van der Waals surface area contributed by atoms with E-state index in [9.17, 15) is 4.79 Å². The van der Waals surface area contributed by atoms with Gasteiger partial charge in [0.15, 0.2) is 0 Å². The maximum Gasteiger partial charge on any atom is 0.246 e. The van der Waals surface area contributed by atoms with Gasteiger partial charge in [0.1, 0.15) is 5.75 Å². The first-order chi connectivity index (χ1) is 10.3. The Morgan fingerprint density at radius 1 is 1.14 bits per heavy atom. The lowest BCUT2D eigenvalue weighted by molar-refractivity contribution is -0.126. The van der Waals surface area contributed by atoms with Crippen LogP contribution in [0.3, 0.4) is 0 Å². The summed E-state index contributed by atoms with van der Waals surface area (Å²) in [5.74, 6) is 0.997. The van der Waals surface area contributed by atoms with Crippen LogP contribution in [0.15, 0.2) is 42.5 Å². The molecule has 0 aliphatic carbocycles.